The molecule has 7 nitrogen and oxygen atoms in total. The summed E-state index contributed by atoms with van der Waals surface area (Å²) in [6, 6.07) is 1.82. The summed E-state index contributed by atoms with van der Waals surface area (Å²) in [5.74, 6) is -0.428. The lowest BCUT2D eigenvalue weighted by atomic mass is 10.3. The molecule has 2 rings (SSSR count). The van der Waals surface area contributed by atoms with Crippen LogP contribution in [0.5, 0.6) is 0 Å². The van der Waals surface area contributed by atoms with Crippen molar-refractivity contribution in [2.75, 3.05) is 11.1 Å². The second kappa shape index (κ2) is 4.19. The molecular weight excluding hydrogens is 228 g/mol. The molecule has 1 amide bonds. The van der Waals surface area contributed by atoms with Gasteiger partial charge in [0.2, 0.25) is 0 Å². The number of hydrogen-bond donors (Lipinski definition) is 4. The van der Waals surface area contributed by atoms with E-state index in [0.717, 1.165) is 17.2 Å². The van der Waals surface area contributed by atoms with Gasteiger partial charge in [0, 0.05) is 6.20 Å². The van der Waals surface area contributed by atoms with Gasteiger partial charge in [0.15, 0.2) is 5.82 Å². The molecule has 0 atom stereocenters. The topological polar surface area (TPSA) is 123 Å². The Morgan fingerprint density at radius 1 is 1.62 bits per heavy atom. The number of carbonyl (C=O) groups excluding carboxylic acids is 1. The van der Waals surface area contributed by atoms with Gasteiger partial charge in [-0.25, -0.2) is 0 Å². The van der Waals surface area contributed by atoms with Gasteiger partial charge in [0.05, 0.1) is 12.2 Å². The monoisotopic (exact) mass is 238 g/mol. The van der Waals surface area contributed by atoms with Gasteiger partial charge in [-0.3, -0.25) is 9.89 Å². The van der Waals surface area contributed by atoms with Gasteiger partial charge in [-0.05, 0) is 17.6 Å². The predicted octanol–water partition coefficient (Wildman–Crippen LogP) is 0.159. The smallest absolute Gasteiger partial charge is 0.255 e. The molecule has 6 N–H and O–H groups in total. The van der Waals surface area contributed by atoms with Crippen molar-refractivity contribution in [2.24, 2.45) is 5.73 Å². The summed E-state index contributed by atoms with van der Waals surface area (Å²) in [5.41, 5.74) is 11.9. The maximum absolute atomic E-state index is 11.1. The number of nitrogens with two attached hydrogens (primary N) is 2. The Labute approximate surface area is 95.0 Å². The second-order valence-corrected chi connectivity index (χ2v) is 3.85. The lowest BCUT2D eigenvalue weighted by molar-refractivity contribution is 0.100. The Hall–Kier alpha value is -2.09. The fourth-order valence-electron chi connectivity index (χ4n) is 1.22. The third-order valence-electron chi connectivity index (χ3n) is 1.96. The number of aromatic nitrogens is 3. The molecule has 0 spiro atoms. The first-order chi connectivity index (χ1) is 7.68. The Morgan fingerprint density at radius 3 is 3.06 bits per heavy atom. The summed E-state index contributed by atoms with van der Waals surface area (Å²) >= 11 is 1.11. The summed E-state index contributed by atoms with van der Waals surface area (Å²) in [6.07, 6.45) is 1.65. The Balaban J connectivity index is 2.13. The van der Waals surface area contributed by atoms with E-state index in [9.17, 15) is 4.79 Å². The molecule has 8 heteroatoms. The molecule has 0 unspecified atom stereocenters. The molecule has 2 aromatic heterocycles. The van der Waals surface area contributed by atoms with Gasteiger partial charge < -0.3 is 16.8 Å². The van der Waals surface area contributed by atoms with Gasteiger partial charge in [-0.2, -0.15) is 9.47 Å². The van der Waals surface area contributed by atoms with E-state index in [1.165, 1.54) is 0 Å². The largest absolute Gasteiger partial charge is 0.382 e. The maximum atomic E-state index is 11.1. The minimum Gasteiger partial charge on any atom is -0.382 e. The number of anilines is 2. The van der Waals surface area contributed by atoms with Crippen molar-refractivity contribution >= 4 is 28.3 Å². The minimum atomic E-state index is -0.585. The number of amides is 1. The molecular formula is C8H10N6OS. The molecule has 0 aliphatic rings. The molecule has 0 aliphatic heterocycles. The van der Waals surface area contributed by atoms with E-state index in [0.29, 0.717) is 11.5 Å². The maximum Gasteiger partial charge on any atom is 0.255 e. The van der Waals surface area contributed by atoms with Crippen molar-refractivity contribution in [2.45, 2.75) is 6.54 Å². The average molecular weight is 238 g/mol. The van der Waals surface area contributed by atoms with Crippen LogP contribution in [0.2, 0.25) is 0 Å². The second-order valence-electron chi connectivity index (χ2n) is 3.07. The van der Waals surface area contributed by atoms with Crippen molar-refractivity contribution in [3.63, 3.8) is 0 Å². The van der Waals surface area contributed by atoms with E-state index in [2.05, 4.69) is 19.9 Å². The number of nitrogen functional groups attached to an aromatic ring is 1. The molecule has 16 heavy (non-hydrogen) atoms. The number of hydrogen-bond acceptors (Lipinski definition) is 6. The highest BCUT2D eigenvalue weighted by molar-refractivity contribution is 7.11. The van der Waals surface area contributed by atoms with Crippen molar-refractivity contribution in [1.29, 1.82) is 0 Å². The summed E-state index contributed by atoms with van der Waals surface area (Å²) in [6.45, 7) is 0.502. The number of rotatable bonds is 4. The van der Waals surface area contributed by atoms with Crippen molar-refractivity contribution in [3.8, 4) is 0 Å². The van der Waals surface area contributed by atoms with Crippen LogP contribution in [0.25, 0.3) is 0 Å². The van der Waals surface area contributed by atoms with E-state index in [1.807, 2.05) is 6.07 Å². The van der Waals surface area contributed by atoms with Crippen LogP contribution in [0.3, 0.4) is 0 Å². The Morgan fingerprint density at radius 2 is 2.44 bits per heavy atom. The molecule has 0 saturated carbocycles. The zero-order valence-corrected chi connectivity index (χ0v) is 9.04. The highest BCUT2D eigenvalue weighted by Gasteiger charge is 2.16. The Bertz CT molecular complexity index is 491. The lowest BCUT2D eigenvalue weighted by Gasteiger charge is -2.02. The van der Waals surface area contributed by atoms with E-state index < -0.39 is 5.91 Å². The minimum absolute atomic E-state index is 0.157. The molecule has 2 aromatic rings. The Kier molecular flexibility index (Phi) is 2.73. The fourth-order valence-corrected chi connectivity index (χ4v) is 1.93. The number of H-pyrrole nitrogens is 1. The molecule has 0 aliphatic carbocycles. The summed E-state index contributed by atoms with van der Waals surface area (Å²) in [4.78, 5) is 11.1. The highest BCUT2D eigenvalue weighted by atomic mass is 32.1. The number of nitrogens with zero attached hydrogens (tertiary/aromatic N) is 2. The highest BCUT2D eigenvalue weighted by Crippen LogP contribution is 2.26. The van der Waals surface area contributed by atoms with Gasteiger partial charge in [0.1, 0.15) is 10.6 Å². The standard InChI is InChI=1S/C8H10N6OS/c9-6-5(7(10)15)8(16-14-6)11-3-4-1-2-12-13-4/h1-2,11H,3H2,(H2,9,14)(H2,10,15)(H,12,13). The van der Waals surface area contributed by atoms with Crippen molar-refractivity contribution < 1.29 is 4.79 Å². The number of aromatic amines is 1. The zero-order valence-electron chi connectivity index (χ0n) is 8.23. The van der Waals surface area contributed by atoms with Crippen LogP contribution in [0.4, 0.5) is 10.8 Å². The summed E-state index contributed by atoms with van der Waals surface area (Å²) < 4.78 is 3.87. The molecule has 0 bridgehead atoms. The average Bonchev–Trinajstić information content (AvgIpc) is 2.83. The van der Waals surface area contributed by atoms with Gasteiger partial charge in [-0.15, -0.1) is 0 Å². The fraction of sp³-hybridized carbons (Fsp3) is 0.125. The first-order valence-electron chi connectivity index (χ1n) is 4.45. The van der Waals surface area contributed by atoms with Crippen LogP contribution in [0.15, 0.2) is 12.3 Å². The van der Waals surface area contributed by atoms with Gasteiger partial charge >= 0.3 is 0 Å². The molecule has 84 valence electrons. The predicted molar refractivity (Wildman–Crippen MR) is 61.0 cm³/mol. The quantitative estimate of drug-likeness (QED) is 0.604. The van der Waals surface area contributed by atoms with Crippen LogP contribution >= 0.6 is 11.5 Å². The van der Waals surface area contributed by atoms with E-state index >= 15 is 0 Å². The normalized spacial score (nSPS) is 10.2. The van der Waals surface area contributed by atoms with E-state index in [-0.39, 0.29) is 11.4 Å². The summed E-state index contributed by atoms with van der Waals surface area (Å²) in [7, 11) is 0. The van der Waals surface area contributed by atoms with Crippen LogP contribution in [0.1, 0.15) is 16.1 Å². The SMILES string of the molecule is NC(=O)c1c(N)nsc1NCc1ccn[nH]1. The van der Waals surface area contributed by atoms with E-state index in [1.54, 1.807) is 6.20 Å². The number of nitrogens with one attached hydrogen (secondary N) is 2. The number of primary amides is 1. The van der Waals surface area contributed by atoms with Crippen LogP contribution in [0, 0.1) is 0 Å². The molecule has 0 aromatic carbocycles. The first kappa shape index (κ1) is 10.4. The van der Waals surface area contributed by atoms with Gasteiger partial charge in [0.25, 0.3) is 5.91 Å². The van der Waals surface area contributed by atoms with Crippen LogP contribution < -0.4 is 16.8 Å². The number of carbonyl (C=O) groups is 1. The van der Waals surface area contributed by atoms with Crippen molar-refractivity contribution in [1.82, 2.24) is 14.6 Å². The lowest BCUT2D eigenvalue weighted by Crippen LogP contribution is -2.14. The van der Waals surface area contributed by atoms with Crippen LogP contribution in [-0.2, 0) is 6.54 Å². The third-order valence-corrected chi connectivity index (χ3v) is 2.78. The van der Waals surface area contributed by atoms with Crippen LogP contribution in [-0.4, -0.2) is 20.5 Å². The molecule has 0 saturated heterocycles. The van der Waals surface area contributed by atoms with E-state index in [4.69, 9.17) is 11.5 Å². The molecule has 0 radical (unpaired) electrons. The first-order valence-corrected chi connectivity index (χ1v) is 5.23. The zero-order chi connectivity index (χ0) is 11.5. The third kappa shape index (κ3) is 1.96. The van der Waals surface area contributed by atoms with Crippen molar-refractivity contribution in [3.05, 3.63) is 23.5 Å². The molecule has 2 heterocycles. The summed E-state index contributed by atoms with van der Waals surface area (Å²) in [5, 5.41) is 10.2. The van der Waals surface area contributed by atoms with Gasteiger partial charge in [-0.1, -0.05) is 0 Å². The molecule has 0 fully saturated rings.